The van der Waals surface area contributed by atoms with Crippen LogP contribution in [0.5, 0.6) is 0 Å². The molecule has 0 saturated heterocycles. The first-order valence-electron chi connectivity index (χ1n) is 10.8. The third-order valence-electron chi connectivity index (χ3n) is 3.33. The van der Waals surface area contributed by atoms with Crippen LogP contribution in [0.4, 0.5) is 0 Å². The maximum Gasteiger partial charge on any atom is 0.0260 e. The summed E-state index contributed by atoms with van der Waals surface area (Å²) in [6.45, 7) is 28.9. The standard InChI is InChI=1S/C19H18Br2.2C3H6.2C2H6/c1-12(2)16(11-18(20)13(3)4)17-9-14-7-5-6-8-15(14)10-19(17)21;2*1-3-2;2*1-2/h5-11H,1H2,2-4H3;2*3H,1H2,2H3;2*1-2H3/b16-11+;;;;. The second kappa shape index (κ2) is 21.6. The van der Waals surface area contributed by atoms with Crippen LogP contribution in [0.15, 0.2) is 94.5 Å². The Balaban J connectivity index is -0.000000675. The molecule has 0 unspecified atom stereocenters. The average Bonchev–Trinajstić information content (AvgIpc) is 2.75. The molecule has 2 aromatic carbocycles. The van der Waals surface area contributed by atoms with Gasteiger partial charge in [0.2, 0.25) is 0 Å². The number of rotatable bonds is 3. The molecule has 0 amide bonds. The van der Waals surface area contributed by atoms with Crippen molar-refractivity contribution in [3.8, 4) is 0 Å². The predicted molar refractivity (Wildman–Crippen MR) is 156 cm³/mol. The summed E-state index contributed by atoms with van der Waals surface area (Å²) in [6.07, 6.45) is 5.65. The van der Waals surface area contributed by atoms with E-state index >= 15 is 0 Å². The molecule has 0 radical (unpaired) electrons. The van der Waals surface area contributed by atoms with E-state index in [1.807, 2.05) is 48.5 Å². The molecule has 0 aliphatic heterocycles. The van der Waals surface area contributed by atoms with Crippen LogP contribution < -0.4 is 0 Å². The smallest absolute Gasteiger partial charge is 0.0260 e. The number of fused-ring (bicyclic) bond motifs is 1. The highest BCUT2D eigenvalue weighted by Gasteiger charge is 2.09. The Labute approximate surface area is 209 Å². The first kappa shape index (κ1) is 34.0. The van der Waals surface area contributed by atoms with Crippen molar-refractivity contribution in [1.82, 2.24) is 0 Å². The highest BCUT2D eigenvalue weighted by Crippen LogP contribution is 2.34. The van der Waals surface area contributed by atoms with Crippen molar-refractivity contribution in [3.63, 3.8) is 0 Å². The van der Waals surface area contributed by atoms with E-state index in [1.165, 1.54) is 21.9 Å². The molecule has 172 valence electrons. The molecule has 0 aromatic heterocycles. The van der Waals surface area contributed by atoms with Crippen LogP contribution in [0.1, 0.15) is 67.9 Å². The highest BCUT2D eigenvalue weighted by molar-refractivity contribution is 9.12. The minimum absolute atomic E-state index is 1.05. The Morgan fingerprint density at radius 2 is 1.23 bits per heavy atom. The lowest BCUT2D eigenvalue weighted by Crippen LogP contribution is -1.90. The van der Waals surface area contributed by atoms with Gasteiger partial charge in [-0.1, -0.05) is 114 Å². The van der Waals surface area contributed by atoms with Crippen molar-refractivity contribution in [2.45, 2.75) is 62.3 Å². The Bertz CT molecular complexity index is 842. The molecule has 31 heavy (non-hydrogen) atoms. The minimum atomic E-state index is 1.05. The number of hydrogen-bond donors (Lipinski definition) is 0. The van der Waals surface area contributed by atoms with E-state index in [0.29, 0.717) is 0 Å². The van der Waals surface area contributed by atoms with Gasteiger partial charge in [0.15, 0.2) is 0 Å². The van der Waals surface area contributed by atoms with Gasteiger partial charge in [-0.3, -0.25) is 0 Å². The highest BCUT2D eigenvalue weighted by atomic mass is 79.9. The van der Waals surface area contributed by atoms with Gasteiger partial charge in [0, 0.05) is 8.96 Å². The summed E-state index contributed by atoms with van der Waals surface area (Å²) in [5.41, 5.74) is 4.59. The molecule has 0 nitrogen and oxygen atoms in total. The van der Waals surface area contributed by atoms with Crippen LogP contribution in [0, 0.1) is 0 Å². The van der Waals surface area contributed by atoms with Crippen LogP contribution in [0.2, 0.25) is 0 Å². The normalized spacial score (nSPS) is 9.06. The summed E-state index contributed by atoms with van der Waals surface area (Å²) in [4.78, 5) is 0. The molecule has 0 spiro atoms. The number of halogens is 2. The molecular weight excluding hydrogens is 508 g/mol. The molecule has 0 heterocycles. The second-order valence-electron chi connectivity index (χ2n) is 6.18. The third kappa shape index (κ3) is 14.1. The number of allylic oxidation sites excluding steroid dienone is 7. The van der Waals surface area contributed by atoms with E-state index < -0.39 is 0 Å². The number of hydrogen-bond acceptors (Lipinski definition) is 0. The van der Waals surface area contributed by atoms with Gasteiger partial charge in [-0.15, -0.1) is 13.2 Å². The van der Waals surface area contributed by atoms with E-state index in [2.05, 4.69) is 108 Å². The van der Waals surface area contributed by atoms with Gasteiger partial charge in [-0.05, 0) is 74.7 Å². The fourth-order valence-electron chi connectivity index (χ4n) is 2.12. The Hall–Kier alpha value is -1.64. The van der Waals surface area contributed by atoms with Crippen LogP contribution in [0.25, 0.3) is 16.3 Å². The molecule has 0 aliphatic carbocycles. The average molecular weight is 550 g/mol. The van der Waals surface area contributed by atoms with Crippen LogP contribution in [-0.4, -0.2) is 0 Å². The van der Waals surface area contributed by atoms with Gasteiger partial charge in [0.1, 0.15) is 0 Å². The fourth-order valence-corrected chi connectivity index (χ4v) is 2.92. The van der Waals surface area contributed by atoms with Crippen LogP contribution in [-0.2, 0) is 0 Å². The van der Waals surface area contributed by atoms with E-state index in [9.17, 15) is 0 Å². The van der Waals surface area contributed by atoms with Crippen LogP contribution in [0.3, 0.4) is 0 Å². The predicted octanol–water partition coefficient (Wildman–Crippen LogP) is 11.7. The molecule has 0 aliphatic rings. The maximum absolute atomic E-state index is 4.13. The molecule has 2 rings (SSSR count). The fraction of sp³-hybridized carbons (Fsp3) is 0.310. The first-order valence-corrected chi connectivity index (χ1v) is 12.3. The van der Waals surface area contributed by atoms with Gasteiger partial charge < -0.3 is 0 Å². The first-order chi connectivity index (χ1) is 14.7. The van der Waals surface area contributed by atoms with Gasteiger partial charge in [0.05, 0.1) is 0 Å². The molecule has 2 aromatic rings. The van der Waals surface area contributed by atoms with Crippen molar-refractivity contribution in [2.75, 3.05) is 0 Å². The summed E-state index contributed by atoms with van der Waals surface area (Å²) in [6, 6.07) is 12.8. The second-order valence-corrected chi connectivity index (χ2v) is 7.89. The van der Waals surface area contributed by atoms with Crippen molar-refractivity contribution in [3.05, 3.63) is 100 Å². The van der Waals surface area contributed by atoms with Crippen molar-refractivity contribution >= 4 is 48.2 Å². The van der Waals surface area contributed by atoms with E-state index in [0.717, 1.165) is 20.1 Å². The summed E-state index contributed by atoms with van der Waals surface area (Å²) < 4.78 is 2.19. The summed E-state index contributed by atoms with van der Waals surface area (Å²) in [7, 11) is 0. The van der Waals surface area contributed by atoms with E-state index in [-0.39, 0.29) is 0 Å². The minimum Gasteiger partial charge on any atom is -0.103 e. The molecule has 0 saturated carbocycles. The largest absolute Gasteiger partial charge is 0.103 e. The van der Waals surface area contributed by atoms with Gasteiger partial charge in [-0.2, -0.15) is 0 Å². The van der Waals surface area contributed by atoms with Gasteiger partial charge in [0.25, 0.3) is 0 Å². The van der Waals surface area contributed by atoms with Crippen molar-refractivity contribution in [1.29, 1.82) is 0 Å². The Morgan fingerprint density at radius 1 is 0.839 bits per heavy atom. The maximum atomic E-state index is 4.13. The molecule has 0 fully saturated rings. The summed E-state index contributed by atoms with van der Waals surface area (Å²) >= 11 is 7.33. The van der Waals surface area contributed by atoms with E-state index in [4.69, 9.17) is 0 Å². The summed E-state index contributed by atoms with van der Waals surface area (Å²) in [5, 5.41) is 2.46. The van der Waals surface area contributed by atoms with Gasteiger partial charge >= 0.3 is 0 Å². The Kier molecular flexibility index (Phi) is 23.7. The molecule has 0 N–H and O–H groups in total. The zero-order valence-corrected chi connectivity index (χ0v) is 24.2. The van der Waals surface area contributed by atoms with Crippen LogP contribution >= 0.6 is 31.9 Å². The quantitative estimate of drug-likeness (QED) is 0.263. The zero-order chi connectivity index (χ0) is 25.0. The third-order valence-corrected chi connectivity index (χ3v) is 5.01. The summed E-state index contributed by atoms with van der Waals surface area (Å²) in [5.74, 6) is 0. The molecule has 2 heteroatoms. The Morgan fingerprint density at radius 3 is 1.58 bits per heavy atom. The lowest BCUT2D eigenvalue weighted by molar-refractivity contribution is 1.38. The SMILES string of the molecule is C=C(C)/C(=C\C(Br)=C(C)C)c1cc2ccccc2cc1Br.C=CC.C=CC.CC.CC. The molecular formula is C29H42Br2. The topological polar surface area (TPSA) is 0 Å². The van der Waals surface area contributed by atoms with Crippen molar-refractivity contribution in [2.24, 2.45) is 0 Å². The molecule has 0 bridgehead atoms. The van der Waals surface area contributed by atoms with Gasteiger partial charge in [-0.25, -0.2) is 0 Å². The molecule has 0 atom stereocenters. The number of benzene rings is 2. The lowest BCUT2D eigenvalue weighted by atomic mass is 9.96. The van der Waals surface area contributed by atoms with E-state index in [1.54, 1.807) is 12.2 Å². The lowest BCUT2D eigenvalue weighted by Gasteiger charge is -2.12. The van der Waals surface area contributed by atoms with Crippen molar-refractivity contribution < 1.29 is 0 Å². The monoisotopic (exact) mass is 548 g/mol. The zero-order valence-electron chi connectivity index (χ0n) is 21.1.